The monoisotopic (exact) mass is 250 g/mol. The Bertz CT molecular complexity index is 399. The SMILES string of the molecule is CN(CCC1CCNC1)C(=O)c1ccc(F)cc1. The van der Waals surface area contributed by atoms with Crippen LogP contribution in [0.15, 0.2) is 24.3 Å². The number of nitrogens with one attached hydrogen (secondary N) is 1. The third-order valence-electron chi connectivity index (χ3n) is 3.47. The van der Waals surface area contributed by atoms with Gasteiger partial charge >= 0.3 is 0 Å². The van der Waals surface area contributed by atoms with Gasteiger partial charge in [0.15, 0.2) is 0 Å². The van der Waals surface area contributed by atoms with E-state index in [9.17, 15) is 9.18 Å². The average Bonchev–Trinajstić information content (AvgIpc) is 2.89. The van der Waals surface area contributed by atoms with Gasteiger partial charge in [-0.05, 0) is 56.1 Å². The van der Waals surface area contributed by atoms with E-state index in [1.54, 1.807) is 11.9 Å². The number of benzene rings is 1. The smallest absolute Gasteiger partial charge is 0.253 e. The minimum absolute atomic E-state index is 0.0408. The Hall–Kier alpha value is -1.42. The predicted octanol–water partition coefficient (Wildman–Crippen LogP) is 1.90. The fourth-order valence-corrected chi connectivity index (χ4v) is 2.25. The van der Waals surface area contributed by atoms with Gasteiger partial charge in [-0.2, -0.15) is 0 Å². The number of amides is 1. The van der Waals surface area contributed by atoms with Gasteiger partial charge in [-0.15, -0.1) is 0 Å². The lowest BCUT2D eigenvalue weighted by atomic mass is 10.0. The second kappa shape index (κ2) is 5.96. The molecular formula is C14H19FN2O. The summed E-state index contributed by atoms with van der Waals surface area (Å²) >= 11 is 0. The molecule has 1 amide bonds. The van der Waals surface area contributed by atoms with Gasteiger partial charge in [0.2, 0.25) is 0 Å². The molecule has 1 atom stereocenters. The molecule has 1 unspecified atom stereocenters. The molecule has 1 saturated heterocycles. The van der Waals surface area contributed by atoms with Gasteiger partial charge in [0.25, 0.3) is 5.91 Å². The zero-order chi connectivity index (χ0) is 13.0. The number of hydrogen-bond donors (Lipinski definition) is 1. The van der Waals surface area contributed by atoms with Crippen LogP contribution in [0.5, 0.6) is 0 Å². The minimum atomic E-state index is -0.314. The lowest BCUT2D eigenvalue weighted by Gasteiger charge is -2.19. The molecule has 1 aromatic carbocycles. The van der Waals surface area contributed by atoms with Crippen LogP contribution in [0, 0.1) is 11.7 Å². The first kappa shape index (κ1) is 13.0. The van der Waals surface area contributed by atoms with E-state index in [0.29, 0.717) is 11.5 Å². The van der Waals surface area contributed by atoms with Crippen molar-refractivity contribution in [2.75, 3.05) is 26.7 Å². The van der Waals surface area contributed by atoms with Crippen LogP contribution in [0.4, 0.5) is 4.39 Å². The summed E-state index contributed by atoms with van der Waals surface area (Å²) in [6.45, 7) is 2.89. The summed E-state index contributed by atoms with van der Waals surface area (Å²) in [5, 5.41) is 3.32. The van der Waals surface area contributed by atoms with E-state index >= 15 is 0 Å². The number of carbonyl (C=O) groups excluding carboxylic acids is 1. The van der Waals surface area contributed by atoms with Crippen LogP contribution in [-0.4, -0.2) is 37.5 Å². The maximum Gasteiger partial charge on any atom is 0.253 e. The number of hydrogen-bond acceptors (Lipinski definition) is 2. The van der Waals surface area contributed by atoms with Crippen LogP contribution in [0.25, 0.3) is 0 Å². The van der Waals surface area contributed by atoms with Crippen molar-refractivity contribution in [2.24, 2.45) is 5.92 Å². The van der Waals surface area contributed by atoms with Crippen molar-refractivity contribution < 1.29 is 9.18 Å². The maximum atomic E-state index is 12.8. The lowest BCUT2D eigenvalue weighted by molar-refractivity contribution is 0.0788. The van der Waals surface area contributed by atoms with Gasteiger partial charge < -0.3 is 10.2 Å². The quantitative estimate of drug-likeness (QED) is 0.885. The maximum absolute atomic E-state index is 12.8. The van der Waals surface area contributed by atoms with Crippen molar-refractivity contribution >= 4 is 5.91 Å². The molecule has 1 aliphatic rings. The van der Waals surface area contributed by atoms with Crippen molar-refractivity contribution in [1.82, 2.24) is 10.2 Å². The summed E-state index contributed by atoms with van der Waals surface area (Å²) in [6.07, 6.45) is 2.22. The molecule has 2 rings (SSSR count). The van der Waals surface area contributed by atoms with E-state index in [2.05, 4.69) is 5.32 Å². The molecule has 1 heterocycles. The zero-order valence-corrected chi connectivity index (χ0v) is 10.7. The summed E-state index contributed by atoms with van der Waals surface area (Å²) in [5.74, 6) is 0.320. The van der Waals surface area contributed by atoms with Crippen molar-refractivity contribution in [3.63, 3.8) is 0 Å². The van der Waals surface area contributed by atoms with Crippen molar-refractivity contribution in [3.8, 4) is 0 Å². The highest BCUT2D eigenvalue weighted by atomic mass is 19.1. The first-order valence-corrected chi connectivity index (χ1v) is 6.38. The van der Waals surface area contributed by atoms with E-state index in [0.717, 1.165) is 26.1 Å². The molecule has 4 heteroatoms. The standard InChI is InChI=1S/C14H19FN2O/c1-17(9-7-11-6-8-16-10-11)14(18)12-2-4-13(15)5-3-12/h2-5,11,16H,6-10H2,1H3. The highest BCUT2D eigenvalue weighted by Gasteiger charge is 2.17. The molecule has 98 valence electrons. The molecular weight excluding hydrogens is 231 g/mol. The topological polar surface area (TPSA) is 32.3 Å². The predicted molar refractivity (Wildman–Crippen MR) is 69.0 cm³/mol. The summed E-state index contributed by atoms with van der Waals surface area (Å²) < 4.78 is 12.8. The van der Waals surface area contributed by atoms with Crippen LogP contribution in [0.1, 0.15) is 23.2 Å². The molecule has 0 bridgehead atoms. The number of carbonyl (C=O) groups is 1. The van der Waals surface area contributed by atoms with E-state index in [1.807, 2.05) is 0 Å². The van der Waals surface area contributed by atoms with Gasteiger partial charge in [0.1, 0.15) is 5.82 Å². The Balaban J connectivity index is 1.85. The van der Waals surface area contributed by atoms with Gasteiger partial charge in [-0.1, -0.05) is 0 Å². The molecule has 0 aliphatic carbocycles. The summed E-state index contributed by atoms with van der Waals surface area (Å²) in [5.41, 5.74) is 0.545. The first-order valence-electron chi connectivity index (χ1n) is 6.38. The highest BCUT2D eigenvalue weighted by Crippen LogP contribution is 2.13. The fraction of sp³-hybridized carbons (Fsp3) is 0.500. The molecule has 1 aromatic rings. The summed E-state index contributed by atoms with van der Waals surface area (Å²) in [6, 6.07) is 5.71. The van der Waals surface area contributed by atoms with Crippen molar-refractivity contribution in [2.45, 2.75) is 12.8 Å². The molecule has 1 aliphatic heterocycles. The van der Waals surface area contributed by atoms with Gasteiger partial charge in [-0.3, -0.25) is 4.79 Å². The molecule has 1 fully saturated rings. The highest BCUT2D eigenvalue weighted by molar-refractivity contribution is 5.93. The molecule has 0 spiro atoms. The molecule has 1 N–H and O–H groups in total. The molecule has 0 aromatic heterocycles. The largest absolute Gasteiger partial charge is 0.342 e. The Labute approximate surface area is 107 Å². The van der Waals surface area contributed by atoms with Gasteiger partial charge in [0, 0.05) is 19.2 Å². The number of nitrogens with zero attached hydrogens (tertiary/aromatic N) is 1. The van der Waals surface area contributed by atoms with Gasteiger partial charge in [0.05, 0.1) is 0 Å². The first-order chi connectivity index (χ1) is 8.66. The Kier molecular flexibility index (Phi) is 4.31. The van der Waals surface area contributed by atoms with Crippen LogP contribution in [0.2, 0.25) is 0 Å². The minimum Gasteiger partial charge on any atom is -0.342 e. The average molecular weight is 250 g/mol. The van der Waals surface area contributed by atoms with Crippen LogP contribution < -0.4 is 5.32 Å². The van der Waals surface area contributed by atoms with E-state index in [4.69, 9.17) is 0 Å². The Morgan fingerprint density at radius 1 is 1.44 bits per heavy atom. The number of halogens is 1. The van der Waals surface area contributed by atoms with Gasteiger partial charge in [-0.25, -0.2) is 4.39 Å². The van der Waals surface area contributed by atoms with Crippen molar-refractivity contribution in [1.29, 1.82) is 0 Å². The Morgan fingerprint density at radius 2 is 2.17 bits per heavy atom. The second-order valence-corrected chi connectivity index (χ2v) is 4.88. The van der Waals surface area contributed by atoms with E-state index < -0.39 is 0 Å². The fourth-order valence-electron chi connectivity index (χ4n) is 2.25. The van der Waals surface area contributed by atoms with Crippen LogP contribution in [0.3, 0.4) is 0 Å². The molecule has 0 radical (unpaired) electrons. The summed E-state index contributed by atoms with van der Waals surface area (Å²) in [4.78, 5) is 13.8. The normalized spacial score (nSPS) is 18.9. The summed E-state index contributed by atoms with van der Waals surface area (Å²) in [7, 11) is 1.80. The lowest BCUT2D eigenvalue weighted by Crippen LogP contribution is -2.29. The Morgan fingerprint density at radius 3 is 2.78 bits per heavy atom. The van der Waals surface area contributed by atoms with Crippen LogP contribution >= 0.6 is 0 Å². The molecule has 18 heavy (non-hydrogen) atoms. The van der Waals surface area contributed by atoms with Crippen molar-refractivity contribution in [3.05, 3.63) is 35.6 Å². The number of rotatable bonds is 4. The zero-order valence-electron chi connectivity index (χ0n) is 10.7. The molecule has 0 saturated carbocycles. The van der Waals surface area contributed by atoms with E-state index in [1.165, 1.54) is 30.7 Å². The van der Waals surface area contributed by atoms with E-state index in [-0.39, 0.29) is 11.7 Å². The third-order valence-corrected chi connectivity index (χ3v) is 3.47. The second-order valence-electron chi connectivity index (χ2n) is 4.88. The third kappa shape index (κ3) is 3.29. The molecule has 3 nitrogen and oxygen atoms in total. The van der Waals surface area contributed by atoms with Crippen LogP contribution in [-0.2, 0) is 0 Å².